The molecule has 3 atom stereocenters. The number of nitrogens with zero attached hydrogens (tertiary/aromatic N) is 1. The molecule has 0 bridgehead atoms. The van der Waals surface area contributed by atoms with Crippen LogP contribution in [0.4, 0.5) is 4.39 Å². The molecule has 2 aliphatic rings. The number of aliphatic hydroxyl groups excluding tert-OH is 4. The number of carbonyl (C=O) groups is 1. The molecule has 3 rings (SSSR count). The van der Waals surface area contributed by atoms with Crippen molar-refractivity contribution < 1.29 is 34.3 Å². The third-order valence-corrected chi connectivity index (χ3v) is 7.17. The molecule has 1 aromatic carbocycles. The van der Waals surface area contributed by atoms with E-state index in [9.17, 15) is 24.5 Å². The van der Waals surface area contributed by atoms with E-state index in [1.807, 2.05) is 0 Å². The third-order valence-electron chi connectivity index (χ3n) is 7.17. The van der Waals surface area contributed by atoms with Crippen molar-refractivity contribution in [3.63, 3.8) is 0 Å². The number of ether oxygens (including phenoxy) is 1. The van der Waals surface area contributed by atoms with Crippen molar-refractivity contribution in [2.75, 3.05) is 52.5 Å². The Morgan fingerprint density at radius 2 is 1.92 bits per heavy atom. The number of nitrogens with one attached hydrogen (secondary N) is 2. The smallest absolute Gasteiger partial charge is 0.227 e. The number of amides is 1. The minimum Gasteiger partial charge on any atom is -0.396 e. The Kier molecular flexibility index (Phi) is 12.0. The largest absolute Gasteiger partial charge is 0.396 e. The van der Waals surface area contributed by atoms with Gasteiger partial charge in [0.15, 0.2) is 0 Å². The molecule has 1 aromatic rings. The Hall–Kier alpha value is -1.66. The van der Waals surface area contributed by atoms with Crippen LogP contribution in [0.15, 0.2) is 18.2 Å². The van der Waals surface area contributed by atoms with Crippen LogP contribution < -0.4 is 10.6 Å². The van der Waals surface area contributed by atoms with Crippen LogP contribution in [0.2, 0.25) is 0 Å². The molecule has 2 heterocycles. The fourth-order valence-corrected chi connectivity index (χ4v) is 4.72. The number of rotatable bonds is 15. The maximum Gasteiger partial charge on any atom is 0.227 e. The highest BCUT2D eigenvalue weighted by Crippen LogP contribution is 2.19. The van der Waals surface area contributed by atoms with Crippen LogP contribution in [0.1, 0.15) is 36.8 Å². The first-order valence-electron chi connectivity index (χ1n) is 13.1. The zero-order valence-corrected chi connectivity index (χ0v) is 20.9. The SMILES string of the molecule is O=C(Cc1ccc(COCCC2CCNCC2)c(F)c1)N1CC(CNC[C@H](O)[C@@H](O)[C@H](O)CCO)C1. The molecule has 0 aromatic heterocycles. The molecule has 2 fully saturated rings. The highest BCUT2D eigenvalue weighted by atomic mass is 19.1. The van der Waals surface area contributed by atoms with Crippen LogP contribution >= 0.6 is 0 Å². The van der Waals surface area contributed by atoms with Gasteiger partial charge in [-0.1, -0.05) is 12.1 Å². The summed E-state index contributed by atoms with van der Waals surface area (Å²) in [5.74, 6) is 0.496. The van der Waals surface area contributed by atoms with Crippen molar-refractivity contribution in [3.05, 3.63) is 35.1 Å². The quantitative estimate of drug-likeness (QED) is 0.178. The summed E-state index contributed by atoms with van der Waals surface area (Å²) in [6, 6.07) is 4.89. The second-order valence-electron chi connectivity index (χ2n) is 10.1. The highest BCUT2D eigenvalue weighted by molar-refractivity contribution is 5.79. The van der Waals surface area contributed by atoms with Crippen LogP contribution in [0, 0.1) is 17.7 Å². The zero-order chi connectivity index (χ0) is 25.9. The molecule has 0 saturated carbocycles. The Bertz CT molecular complexity index is 804. The lowest BCUT2D eigenvalue weighted by Crippen LogP contribution is -2.54. The van der Waals surface area contributed by atoms with E-state index in [0.717, 1.165) is 19.5 Å². The van der Waals surface area contributed by atoms with Gasteiger partial charge in [-0.3, -0.25) is 4.79 Å². The predicted octanol–water partition coefficient (Wildman–Crippen LogP) is -0.212. The first-order valence-corrected chi connectivity index (χ1v) is 13.1. The Morgan fingerprint density at radius 3 is 2.61 bits per heavy atom. The van der Waals surface area contributed by atoms with Gasteiger partial charge in [-0.15, -0.1) is 0 Å². The van der Waals surface area contributed by atoms with Crippen molar-refractivity contribution in [2.45, 2.75) is 57.0 Å². The summed E-state index contributed by atoms with van der Waals surface area (Å²) in [4.78, 5) is 14.3. The molecule has 1 amide bonds. The van der Waals surface area contributed by atoms with Gasteiger partial charge in [0.25, 0.3) is 0 Å². The summed E-state index contributed by atoms with van der Waals surface area (Å²) in [5, 5.41) is 44.5. The standard InChI is InChI=1S/C26H42FN3O6/c27-22-11-19(1-2-21(22)17-36-10-6-18-3-7-28-8-4-18)12-25(34)30-15-20(16-30)13-29-14-24(33)26(35)23(32)5-9-31/h1-2,11,18,20,23-24,26,28-29,31-33,35H,3-10,12-17H2/t23-,24+,26+/m1/s1. The van der Waals surface area contributed by atoms with Gasteiger partial charge < -0.3 is 40.7 Å². The lowest BCUT2D eigenvalue weighted by molar-refractivity contribution is -0.136. The van der Waals surface area contributed by atoms with Crippen molar-refractivity contribution in [1.29, 1.82) is 0 Å². The topological polar surface area (TPSA) is 135 Å². The minimum absolute atomic E-state index is 0.00302. The lowest BCUT2D eigenvalue weighted by atomic mass is 9.95. The number of hydrogen-bond donors (Lipinski definition) is 6. The summed E-state index contributed by atoms with van der Waals surface area (Å²) in [6.45, 7) is 4.51. The Balaban J connectivity index is 1.30. The summed E-state index contributed by atoms with van der Waals surface area (Å²) in [5.41, 5.74) is 1.14. The molecule has 0 aliphatic carbocycles. The lowest BCUT2D eigenvalue weighted by Gasteiger charge is -2.39. The molecule has 36 heavy (non-hydrogen) atoms. The van der Waals surface area contributed by atoms with Gasteiger partial charge in [0, 0.05) is 50.9 Å². The average molecular weight is 512 g/mol. The van der Waals surface area contributed by atoms with Crippen molar-refractivity contribution in [2.24, 2.45) is 11.8 Å². The van der Waals surface area contributed by atoms with Crippen LogP contribution in [0.5, 0.6) is 0 Å². The molecule has 0 spiro atoms. The van der Waals surface area contributed by atoms with Crippen LogP contribution in [0.25, 0.3) is 0 Å². The second kappa shape index (κ2) is 14.9. The number of likely N-dealkylation sites (tertiary alicyclic amines) is 1. The second-order valence-corrected chi connectivity index (χ2v) is 10.1. The maximum absolute atomic E-state index is 14.5. The van der Waals surface area contributed by atoms with Gasteiger partial charge >= 0.3 is 0 Å². The van der Waals surface area contributed by atoms with Crippen LogP contribution in [0.3, 0.4) is 0 Å². The molecular weight excluding hydrogens is 469 g/mol. The summed E-state index contributed by atoms with van der Waals surface area (Å²) < 4.78 is 20.2. The van der Waals surface area contributed by atoms with E-state index < -0.39 is 18.3 Å². The number of halogens is 1. The normalized spacial score (nSPS) is 19.6. The fourth-order valence-electron chi connectivity index (χ4n) is 4.72. The predicted molar refractivity (Wildman–Crippen MR) is 133 cm³/mol. The zero-order valence-electron chi connectivity index (χ0n) is 20.9. The van der Waals surface area contributed by atoms with E-state index in [-0.39, 0.29) is 50.2 Å². The minimum atomic E-state index is -1.33. The van der Waals surface area contributed by atoms with E-state index in [2.05, 4.69) is 10.6 Å². The molecule has 0 unspecified atom stereocenters. The van der Waals surface area contributed by atoms with E-state index in [4.69, 9.17) is 9.84 Å². The first-order chi connectivity index (χ1) is 17.4. The molecule has 9 nitrogen and oxygen atoms in total. The van der Waals surface area contributed by atoms with E-state index in [1.54, 1.807) is 17.0 Å². The van der Waals surface area contributed by atoms with Gasteiger partial charge in [-0.2, -0.15) is 0 Å². The Morgan fingerprint density at radius 1 is 1.17 bits per heavy atom. The molecule has 10 heteroatoms. The molecule has 6 N–H and O–H groups in total. The van der Waals surface area contributed by atoms with Gasteiger partial charge in [-0.25, -0.2) is 4.39 Å². The van der Waals surface area contributed by atoms with Crippen LogP contribution in [-0.2, 0) is 22.6 Å². The summed E-state index contributed by atoms with van der Waals surface area (Å²) in [7, 11) is 0. The summed E-state index contributed by atoms with van der Waals surface area (Å²) >= 11 is 0. The molecule has 2 saturated heterocycles. The average Bonchev–Trinajstić information content (AvgIpc) is 2.84. The third kappa shape index (κ3) is 9.02. The monoisotopic (exact) mass is 511 g/mol. The van der Waals surface area contributed by atoms with Crippen molar-refractivity contribution >= 4 is 5.91 Å². The number of piperidine rings is 1. The van der Waals surface area contributed by atoms with E-state index >= 15 is 0 Å². The number of aliphatic hydroxyl groups is 4. The van der Waals surface area contributed by atoms with Gasteiger partial charge in [0.05, 0.1) is 25.2 Å². The van der Waals surface area contributed by atoms with Crippen LogP contribution in [-0.4, -0.2) is 102 Å². The number of benzene rings is 1. The summed E-state index contributed by atoms with van der Waals surface area (Å²) in [6.07, 6.45) is -0.196. The number of hydrogen-bond acceptors (Lipinski definition) is 8. The molecule has 0 radical (unpaired) electrons. The van der Waals surface area contributed by atoms with Gasteiger partial charge in [0.1, 0.15) is 11.9 Å². The maximum atomic E-state index is 14.5. The number of carbonyl (C=O) groups excluding carboxylic acids is 1. The fraction of sp³-hybridized carbons (Fsp3) is 0.731. The van der Waals surface area contributed by atoms with E-state index in [1.165, 1.54) is 18.9 Å². The molecule has 204 valence electrons. The Labute approximate surface area is 212 Å². The van der Waals surface area contributed by atoms with Gasteiger partial charge in [-0.05, 0) is 56.3 Å². The van der Waals surface area contributed by atoms with Gasteiger partial charge in [0.2, 0.25) is 5.91 Å². The molecular formula is C26H42FN3O6. The highest BCUT2D eigenvalue weighted by Gasteiger charge is 2.31. The first kappa shape index (κ1) is 28.9. The van der Waals surface area contributed by atoms with Crippen molar-refractivity contribution in [1.82, 2.24) is 15.5 Å². The van der Waals surface area contributed by atoms with Crippen molar-refractivity contribution in [3.8, 4) is 0 Å². The molecule has 2 aliphatic heterocycles. The van der Waals surface area contributed by atoms with E-state index in [0.29, 0.717) is 43.3 Å².